The second-order valence-corrected chi connectivity index (χ2v) is 5.86. The topological polar surface area (TPSA) is 63.4 Å². The fraction of sp³-hybridized carbons (Fsp3) is 0.500. The highest BCUT2D eigenvalue weighted by atomic mass is 32.2. The van der Waals surface area contributed by atoms with Crippen LogP contribution in [0.5, 0.6) is 0 Å². The molecule has 0 aliphatic rings. The number of nitrogens with zero attached hydrogens (tertiary/aromatic N) is 1. The maximum Gasteiger partial charge on any atom is 0.243 e. The molecule has 0 radical (unpaired) electrons. The van der Waals surface area contributed by atoms with E-state index in [4.69, 9.17) is 5.73 Å². The third kappa shape index (κ3) is 3.07. The van der Waals surface area contributed by atoms with Crippen LogP contribution in [-0.4, -0.2) is 25.8 Å². The smallest absolute Gasteiger partial charge is 0.243 e. The first kappa shape index (κ1) is 15.1. The van der Waals surface area contributed by atoms with Crippen LogP contribution in [0.1, 0.15) is 25.8 Å². The van der Waals surface area contributed by atoms with Gasteiger partial charge < -0.3 is 5.73 Å². The summed E-state index contributed by atoms with van der Waals surface area (Å²) in [6.45, 7) is 4.50. The molecule has 0 heterocycles. The van der Waals surface area contributed by atoms with Gasteiger partial charge in [0, 0.05) is 19.6 Å². The van der Waals surface area contributed by atoms with Gasteiger partial charge in [0.15, 0.2) is 0 Å². The molecule has 0 saturated carbocycles. The van der Waals surface area contributed by atoms with Crippen molar-refractivity contribution in [1.29, 1.82) is 0 Å². The standard InChI is InChI=1S/C12H19FN2O2S/c1-3-7-15(4-2)18(16,17)12-8-11(13)6-5-10(12)9-14/h5-6,8H,3-4,7,9,14H2,1-2H3. The average Bonchev–Trinajstić information content (AvgIpc) is 2.35. The number of hydrogen-bond donors (Lipinski definition) is 1. The molecule has 0 atom stereocenters. The highest BCUT2D eigenvalue weighted by Gasteiger charge is 2.25. The summed E-state index contributed by atoms with van der Waals surface area (Å²) in [5, 5.41) is 0. The van der Waals surface area contributed by atoms with Crippen LogP contribution in [0.25, 0.3) is 0 Å². The van der Waals surface area contributed by atoms with Crippen LogP contribution in [-0.2, 0) is 16.6 Å². The van der Waals surface area contributed by atoms with Crippen molar-refractivity contribution in [3.63, 3.8) is 0 Å². The maximum absolute atomic E-state index is 13.2. The summed E-state index contributed by atoms with van der Waals surface area (Å²) in [6, 6.07) is 3.68. The maximum atomic E-state index is 13.2. The van der Waals surface area contributed by atoms with Crippen molar-refractivity contribution >= 4 is 10.0 Å². The van der Waals surface area contributed by atoms with E-state index >= 15 is 0 Å². The first-order chi connectivity index (χ1) is 8.47. The first-order valence-corrected chi connectivity index (χ1v) is 7.40. The molecule has 18 heavy (non-hydrogen) atoms. The van der Waals surface area contributed by atoms with Crippen molar-refractivity contribution in [3.05, 3.63) is 29.6 Å². The van der Waals surface area contributed by atoms with Gasteiger partial charge in [0.05, 0.1) is 4.90 Å². The zero-order valence-electron chi connectivity index (χ0n) is 10.7. The summed E-state index contributed by atoms with van der Waals surface area (Å²) < 4.78 is 39.4. The summed E-state index contributed by atoms with van der Waals surface area (Å²) in [5.74, 6) is -0.571. The summed E-state index contributed by atoms with van der Waals surface area (Å²) >= 11 is 0. The van der Waals surface area contributed by atoms with Gasteiger partial charge >= 0.3 is 0 Å². The molecule has 102 valence electrons. The summed E-state index contributed by atoms with van der Waals surface area (Å²) in [4.78, 5) is -0.0275. The predicted octanol–water partition coefficient (Wildman–Crippen LogP) is 1.71. The van der Waals surface area contributed by atoms with Crippen molar-refractivity contribution in [1.82, 2.24) is 4.31 Å². The minimum Gasteiger partial charge on any atom is -0.326 e. The van der Waals surface area contributed by atoms with Crippen LogP contribution in [0.2, 0.25) is 0 Å². The molecule has 0 aromatic heterocycles. The molecule has 1 aromatic rings. The van der Waals surface area contributed by atoms with Crippen molar-refractivity contribution in [3.8, 4) is 0 Å². The Bertz CT molecular complexity index is 503. The fourth-order valence-electron chi connectivity index (χ4n) is 1.77. The van der Waals surface area contributed by atoms with Crippen LogP contribution in [0.4, 0.5) is 4.39 Å². The minimum atomic E-state index is -3.67. The van der Waals surface area contributed by atoms with E-state index < -0.39 is 15.8 Å². The normalized spacial score (nSPS) is 12.1. The Morgan fingerprint density at radius 1 is 1.33 bits per heavy atom. The van der Waals surface area contributed by atoms with Crippen LogP contribution in [0.3, 0.4) is 0 Å². The molecule has 0 unspecified atom stereocenters. The molecule has 0 amide bonds. The lowest BCUT2D eigenvalue weighted by Gasteiger charge is -2.21. The van der Waals surface area contributed by atoms with Gasteiger partial charge in [-0.05, 0) is 24.1 Å². The molecule has 1 aromatic carbocycles. The summed E-state index contributed by atoms with van der Waals surface area (Å²) in [6.07, 6.45) is 0.709. The quantitative estimate of drug-likeness (QED) is 0.859. The SMILES string of the molecule is CCCN(CC)S(=O)(=O)c1cc(F)ccc1CN. The lowest BCUT2D eigenvalue weighted by Crippen LogP contribution is -2.32. The molecule has 1 rings (SSSR count). The molecule has 0 fully saturated rings. The average molecular weight is 274 g/mol. The Morgan fingerprint density at radius 2 is 2.00 bits per heavy atom. The van der Waals surface area contributed by atoms with Crippen molar-refractivity contribution in [2.45, 2.75) is 31.7 Å². The molecule has 0 spiro atoms. The number of rotatable bonds is 6. The van der Waals surface area contributed by atoms with Gasteiger partial charge in [0.2, 0.25) is 10.0 Å². The van der Waals surface area contributed by atoms with Crippen molar-refractivity contribution in [2.75, 3.05) is 13.1 Å². The van der Waals surface area contributed by atoms with Crippen molar-refractivity contribution in [2.24, 2.45) is 5.73 Å². The van der Waals surface area contributed by atoms with E-state index in [1.807, 2.05) is 6.92 Å². The molecule has 0 aliphatic heterocycles. The third-order valence-corrected chi connectivity index (χ3v) is 4.75. The fourth-order valence-corrected chi connectivity index (χ4v) is 3.56. The monoisotopic (exact) mass is 274 g/mol. The molecule has 0 aliphatic carbocycles. The van der Waals surface area contributed by atoms with Gasteiger partial charge in [-0.1, -0.05) is 19.9 Å². The van der Waals surface area contributed by atoms with E-state index in [0.717, 1.165) is 6.07 Å². The first-order valence-electron chi connectivity index (χ1n) is 5.96. The Morgan fingerprint density at radius 3 is 2.50 bits per heavy atom. The lowest BCUT2D eigenvalue weighted by atomic mass is 10.2. The third-order valence-electron chi connectivity index (χ3n) is 2.69. The van der Waals surface area contributed by atoms with E-state index in [2.05, 4.69) is 0 Å². The van der Waals surface area contributed by atoms with Crippen LogP contribution < -0.4 is 5.73 Å². The van der Waals surface area contributed by atoms with Crippen LogP contribution in [0.15, 0.2) is 23.1 Å². The molecule has 6 heteroatoms. The van der Waals surface area contributed by atoms with Gasteiger partial charge in [-0.3, -0.25) is 0 Å². The number of sulfonamides is 1. The minimum absolute atomic E-state index is 0.0275. The highest BCUT2D eigenvalue weighted by Crippen LogP contribution is 2.21. The van der Waals surface area contributed by atoms with Crippen molar-refractivity contribution < 1.29 is 12.8 Å². The van der Waals surface area contributed by atoms with E-state index in [-0.39, 0.29) is 11.4 Å². The summed E-state index contributed by atoms with van der Waals surface area (Å²) in [7, 11) is -3.67. The van der Waals surface area contributed by atoms with Gasteiger partial charge in [0.25, 0.3) is 0 Å². The second-order valence-electron chi connectivity index (χ2n) is 3.95. The molecular weight excluding hydrogens is 255 g/mol. The van der Waals surface area contributed by atoms with Crippen LogP contribution >= 0.6 is 0 Å². The number of nitrogens with two attached hydrogens (primary N) is 1. The predicted molar refractivity (Wildman–Crippen MR) is 69.0 cm³/mol. The lowest BCUT2D eigenvalue weighted by molar-refractivity contribution is 0.426. The van der Waals surface area contributed by atoms with E-state index in [1.165, 1.54) is 16.4 Å². The largest absolute Gasteiger partial charge is 0.326 e. The number of hydrogen-bond acceptors (Lipinski definition) is 3. The number of benzene rings is 1. The van der Waals surface area contributed by atoms with E-state index in [9.17, 15) is 12.8 Å². The Hall–Kier alpha value is -0.980. The van der Waals surface area contributed by atoms with Gasteiger partial charge in [-0.15, -0.1) is 0 Å². The second kappa shape index (κ2) is 6.26. The van der Waals surface area contributed by atoms with Crippen LogP contribution in [0, 0.1) is 5.82 Å². The van der Waals surface area contributed by atoms with Gasteiger partial charge in [-0.2, -0.15) is 4.31 Å². The highest BCUT2D eigenvalue weighted by molar-refractivity contribution is 7.89. The Balaban J connectivity index is 3.30. The van der Waals surface area contributed by atoms with Gasteiger partial charge in [-0.25, -0.2) is 12.8 Å². The number of halogens is 1. The molecular formula is C12H19FN2O2S. The van der Waals surface area contributed by atoms with E-state index in [0.29, 0.717) is 25.1 Å². The van der Waals surface area contributed by atoms with Gasteiger partial charge in [0.1, 0.15) is 5.82 Å². The molecule has 4 nitrogen and oxygen atoms in total. The molecule has 0 bridgehead atoms. The Kier molecular flexibility index (Phi) is 5.25. The van der Waals surface area contributed by atoms with E-state index in [1.54, 1.807) is 6.92 Å². The summed E-state index contributed by atoms with van der Waals surface area (Å²) in [5.41, 5.74) is 5.94. The molecule has 2 N–H and O–H groups in total. The molecule has 0 saturated heterocycles. The zero-order chi connectivity index (χ0) is 13.8. The zero-order valence-corrected chi connectivity index (χ0v) is 11.5. The Labute approximate surface area is 108 Å².